The highest BCUT2D eigenvalue weighted by atomic mass is 28.4. The number of carbonyl (C=O) groups is 2. The van der Waals surface area contributed by atoms with Crippen LogP contribution in [0, 0.1) is 0 Å². The van der Waals surface area contributed by atoms with E-state index in [4.69, 9.17) is 9.16 Å². The fourth-order valence-corrected chi connectivity index (χ4v) is 3.51. The van der Waals surface area contributed by atoms with Gasteiger partial charge in [-0.3, -0.25) is 0 Å². The van der Waals surface area contributed by atoms with Gasteiger partial charge in [0.15, 0.2) is 8.32 Å². The van der Waals surface area contributed by atoms with Crippen LogP contribution >= 0.6 is 0 Å². The van der Waals surface area contributed by atoms with Gasteiger partial charge >= 0.3 is 11.9 Å². The van der Waals surface area contributed by atoms with Crippen LogP contribution in [0.2, 0.25) is 18.6 Å². The summed E-state index contributed by atoms with van der Waals surface area (Å²) in [5.41, 5.74) is 1.41. The monoisotopic (exact) mass is 290 g/mol. The Labute approximate surface area is 119 Å². The number of carbonyl (C=O) groups excluding carboxylic acids is 2. The van der Waals surface area contributed by atoms with Gasteiger partial charge in [0.2, 0.25) is 0 Å². The van der Waals surface area contributed by atoms with Crippen molar-refractivity contribution in [1.82, 2.24) is 0 Å². The van der Waals surface area contributed by atoms with E-state index in [-0.39, 0.29) is 5.54 Å². The average Bonchev–Trinajstić information content (AvgIpc) is 2.73. The molecule has 0 saturated carbocycles. The lowest BCUT2D eigenvalue weighted by Crippen LogP contribution is -2.36. The first-order chi connectivity index (χ1) is 9.38. The lowest BCUT2D eigenvalue weighted by molar-refractivity contribution is -0.150. The Morgan fingerprint density at radius 3 is 2.25 bits per heavy atom. The maximum absolute atomic E-state index is 12.0. The fraction of sp³-hybridized carbons (Fsp3) is 0.333. The van der Waals surface area contributed by atoms with Crippen molar-refractivity contribution in [2.75, 3.05) is 7.11 Å². The number of benzene rings is 1. The van der Waals surface area contributed by atoms with Gasteiger partial charge in [0.05, 0.1) is 11.1 Å². The third-order valence-corrected chi connectivity index (χ3v) is 7.37. The van der Waals surface area contributed by atoms with Gasteiger partial charge in [-0.15, -0.1) is 0 Å². The highest BCUT2D eigenvalue weighted by Gasteiger charge is 2.43. The quantitative estimate of drug-likeness (QED) is 0.486. The zero-order chi connectivity index (χ0) is 14.9. The number of hydrogen-bond acceptors (Lipinski definition) is 4. The number of esters is 2. The molecule has 0 aromatic heterocycles. The summed E-state index contributed by atoms with van der Waals surface area (Å²) in [7, 11) is -0.456. The highest BCUT2D eigenvalue weighted by molar-refractivity contribution is 6.74. The largest absolute Gasteiger partial charge is 0.420 e. The van der Waals surface area contributed by atoms with Gasteiger partial charge in [-0.25, -0.2) is 9.59 Å². The second-order valence-electron chi connectivity index (χ2n) is 5.36. The highest BCUT2D eigenvalue weighted by Crippen LogP contribution is 2.39. The molecule has 0 N–H and O–H groups in total. The molecule has 1 aliphatic rings. The van der Waals surface area contributed by atoms with E-state index >= 15 is 0 Å². The van der Waals surface area contributed by atoms with Gasteiger partial charge in [-0.1, -0.05) is 37.3 Å². The van der Waals surface area contributed by atoms with Gasteiger partial charge < -0.3 is 9.16 Å². The maximum Gasteiger partial charge on any atom is 0.347 e. The van der Waals surface area contributed by atoms with E-state index in [1.165, 1.54) is 0 Å². The summed E-state index contributed by atoms with van der Waals surface area (Å²) < 4.78 is 10.4. The SMILES string of the molecule is CO[Si](C)(C)C(C)C1=C(c2ccccc2)C(=O)OC1=O. The van der Waals surface area contributed by atoms with Crippen LogP contribution in [0.4, 0.5) is 0 Å². The van der Waals surface area contributed by atoms with E-state index < -0.39 is 20.3 Å². The molecule has 0 aliphatic carbocycles. The van der Waals surface area contributed by atoms with Gasteiger partial charge in [-0.05, 0) is 18.7 Å². The molecule has 2 rings (SSSR count). The Morgan fingerprint density at radius 1 is 1.10 bits per heavy atom. The molecule has 0 radical (unpaired) electrons. The molecule has 1 atom stereocenters. The molecule has 1 aliphatic heterocycles. The molecule has 20 heavy (non-hydrogen) atoms. The Bertz CT molecular complexity index is 575. The van der Waals surface area contributed by atoms with Crippen molar-refractivity contribution < 1.29 is 18.8 Å². The van der Waals surface area contributed by atoms with Crippen molar-refractivity contribution in [2.45, 2.75) is 25.6 Å². The average molecular weight is 290 g/mol. The predicted octanol–water partition coefficient (Wildman–Crippen LogP) is 2.77. The molecule has 4 nitrogen and oxygen atoms in total. The maximum atomic E-state index is 12.0. The molecule has 1 heterocycles. The second kappa shape index (κ2) is 5.34. The third kappa shape index (κ3) is 2.46. The lowest BCUT2D eigenvalue weighted by atomic mass is 10.00. The summed E-state index contributed by atoms with van der Waals surface area (Å²) in [5, 5.41) is 0. The number of cyclic esters (lactones) is 2. The zero-order valence-corrected chi connectivity index (χ0v) is 13.1. The fourth-order valence-electron chi connectivity index (χ4n) is 2.20. The van der Waals surface area contributed by atoms with E-state index in [0.717, 1.165) is 0 Å². The molecule has 106 valence electrons. The van der Waals surface area contributed by atoms with Crippen molar-refractivity contribution >= 4 is 25.8 Å². The van der Waals surface area contributed by atoms with Gasteiger partial charge in [0.1, 0.15) is 0 Å². The molecular formula is C15H18O4Si. The molecule has 5 heteroatoms. The number of ether oxygens (including phenoxy) is 1. The van der Waals surface area contributed by atoms with E-state index in [1.807, 2.05) is 50.3 Å². The van der Waals surface area contributed by atoms with E-state index in [0.29, 0.717) is 16.7 Å². The van der Waals surface area contributed by atoms with Crippen LogP contribution in [0.15, 0.2) is 35.9 Å². The molecule has 1 aromatic carbocycles. The normalized spacial score (nSPS) is 17.4. The van der Waals surface area contributed by atoms with Crippen LogP contribution in [0.1, 0.15) is 12.5 Å². The summed E-state index contributed by atoms with van der Waals surface area (Å²) in [6.45, 7) is 5.96. The van der Waals surface area contributed by atoms with Crippen molar-refractivity contribution in [3.05, 3.63) is 41.5 Å². The minimum atomic E-state index is -2.10. The molecule has 0 fully saturated rings. The van der Waals surface area contributed by atoms with Crippen molar-refractivity contribution in [2.24, 2.45) is 0 Å². The van der Waals surface area contributed by atoms with Gasteiger partial charge in [0.25, 0.3) is 0 Å². The molecule has 0 spiro atoms. The number of rotatable bonds is 4. The van der Waals surface area contributed by atoms with E-state index in [2.05, 4.69) is 0 Å². The van der Waals surface area contributed by atoms with Crippen molar-refractivity contribution in [3.63, 3.8) is 0 Å². The van der Waals surface area contributed by atoms with E-state index in [9.17, 15) is 9.59 Å². The lowest BCUT2D eigenvalue weighted by Gasteiger charge is -2.27. The Morgan fingerprint density at radius 2 is 1.70 bits per heavy atom. The van der Waals surface area contributed by atoms with Crippen LogP contribution < -0.4 is 0 Å². The summed E-state index contributed by atoms with van der Waals surface area (Å²) in [6.07, 6.45) is 0. The smallest absolute Gasteiger partial charge is 0.347 e. The molecule has 1 aromatic rings. The van der Waals surface area contributed by atoms with Crippen LogP contribution in [0.5, 0.6) is 0 Å². The summed E-state index contributed by atoms with van der Waals surface area (Å²) in [5.74, 6) is -1.11. The van der Waals surface area contributed by atoms with Crippen LogP contribution in [0.3, 0.4) is 0 Å². The molecule has 1 unspecified atom stereocenters. The molecule has 0 saturated heterocycles. The summed E-state index contributed by atoms with van der Waals surface area (Å²) in [4.78, 5) is 24.0. The van der Waals surface area contributed by atoms with Gasteiger partial charge in [0, 0.05) is 12.7 Å². The van der Waals surface area contributed by atoms with Crippen LogP contribution in [0.25, 0.3) is 5.57 Å². The van der Waals surface area contributed by atoms with Gasteiger partial charge in [-0.2, -0.15) is 0 Å². The minimum absolute atomic E-state index is 0.123. The Hall–Kier alpha value is -1.72. The summed E-state index contributed by atoms with van der Waals surface area (Å²) >= 11 is 0. The first kappa shape index (κ1) is 14.7. The minimum Gasteiger partial charge on any atom is -0.420 e. The van der Waals surface area contributed by atoms with Crippen LogP contribution in [-0.2, 0) is 18.8 Å². The summed E-state index contributed by atoms with van der Waals surface area (Å²) in [6, 6.07) is 9.15. The standard InChI is InChI=1S/C15H18O4Si/c1-10(20(3,4)18-2)12-13(15(17)19-14(12)16)11-8-6-5-7-9-11/h5-10H,1-4H3. The predicted molar refractivity (Wildman–Crippen MR) is 78.4 cm³/mol. The second-order valence-corrected chi connectivity index (χ2v) is 9.84. The first-order valence-electron chi connectivity index (χ1n) is 6.49. The Balaban J connectivity index is 2.58. The first-order valence-corrected chi connectivity index (χ1v) is 9.48. The zero-order valence-electron chi connectivity index (χ0n) is 12.1. The van der Waals surface area contributed by atoms with E-state index in [1.54, 1.807) is 7.11 Å². The topological polar surface area (TPSA) is 52.6 Å². The molecule has 0 bridgehead atoms. The van der Waals surface area contributed by atoms with Crippen molar-refractivity contribution in [1.29, 1.82) is 0 Å². The number of hydrogen-bond donors (Lipinski definition) is 0. The Kier molecular flexibility index (Phi) is 3.92. The van der Waals surface area contributed by atoms with Crippen molar-refractivity contribution in [3.8, 4) is 0 Å². The molecule has 0 amide bonds. The third-order valence-electron chi connectivity index (χ3n) is 3.94. The molecular weight excluding hydrogens is 272 g/mol. The van der Waals surface area contributed by atoms with Crippen LogP contribution in [-0.4, -0.2) is 27.4 Å².